The number of fused-ring (bicyclic) bond motifs is 1. The van der Waals surface area contributed by atoms with Gasteiger partial charge in [-0.25, -0.2) is 9.18 Å². The summed E-state index contributed by atoms with van der Waals surface area (Å²) < 4.78 is 13.6. The number of nitrogens with two attached hydrogens (primary N) is 1. The lowest BCUT2D eigenvalue weighted by atomic mass is 9.91. The first kappa shape index (κ1) is 9.39. The van der Waals surface area contributed by atoms with Crippen molar-refractivity contribution >= 4 is 11.9 Å². The van der Waals surface area contributed by atoms with E-state index in [1.54, 1.807) is 0 Å². The van der Waals surface area contributed by atoms with Crippen LogP contribution in [0.1, 0.15) is 12.8 Å². The fourth-order valence-corrected chi connectivity index (χ4v) is 2.62. The second kappa shape index (κ2) is 2.25. The number of hydrogen-bond donors (Lipinski definition) is 3. The quantitative estimate of drug-likeness (QED) is 0.567. The smallest absolute Gasteiger partial charge is 0.342 e. The molecule has 4 N–H and O–H groups in total. The standard InChI is InChI=1S/C8H10FNO4/c9-8(6(13)14)3-1-2-7(10,4(3)8)5(11)12/h3-4H,1-2,10H2,(H,11,12)(H,13,14)/t3?,4-,7+,8?/m1/s1. The fraction of sp³-hybridized carbons (Fsp3) is 0.750. The van der Waals surface area contributed by atoms with Crippen molar-refractivity contribution in [2.75, 3.05) is 0 Å². The molecule has 0 aromatic heterocycles. The molecule has 4 atom stereocenters. The number of hydrogen-bond acceptors (Lipinski definition) is 3. The van der Waals surface area contributed by atoms with E-state index in [4.69, 9.17) is 15.9 Å². The minimum atomic E-state index is -2.41. The SMILES string of the molecule is N[C@@]1(C(=O)O)CCC2[C@H]1C2(F)C(=O)O. The van der Waals surface area contributed by atoms with Crippen molar-refractivity contribution in [3.63, 3.8) is 0 Å². The van der Waals surface area contributed by atoms with E-state index in [2.05, 4.69) is 0 Å². The van der Waals surface area contributed by atoms with Gasteiger partial charge in [-0.15, -0.1) is 0 Å². The molecule has 0 radical (unpaired) electrons. The molecule has 14 heavy (non-hydrogen) atoms. The maximum Gasteiger partial charge on any atom is 0.342 e. The van der Waals surface area contributed by atoms with Gasteiger partial charge in [-0.05, 0) is 12.8 Å². The zero-order chi connectivity index (χ0) is 10.7. The molecule has 0 saturated heterocycles. The van der Waals surface area contributed by atoms with E-state index < -0.39 is 35.0 Å². The van der Waals surface area contributed by atoms with E-state index in [-0.39, 0.29) is 12.8 Å². The van der Waals surface area contributed by atoms with Crippen molar-refractivity contribution in [3.05, 3.63) is 0 Å². The van der Waals surface area contributed by atoms with Gasteiger partial charge in [-0.2, -0.15) is 0 Å². The monoisotopic (exact) mass is 203 g/mol. The largest absolute Gasteiger partial charge is 0.480 e. The first-order chi connectivity index (χ1) is 6.35. The van der Waals surface area contributed by atoms with Gasteiger partial charge in [0.1, 0.15) is 5.54 Å². The number of aliphatic carboxylic acids is 2. The van der Waals surface area contributed by atoms with Crippen LogP contribution in [0.5, 0.6) is 0 Å². The highest BCUT2D eigenvalue weighted by Gasteiger charge is 2.82. The molecular formula is C8H10FNO4. The molecule has 2 rings (SSSR count). The van der Waals surface area contributed by atoms with Crippen LogP contribution in [0.15, 0.2) is 0 Å². The van der Waals surface area contributed by atoms with Crippen molar-refractivity contribution in [1.82, 2.24) is 0 Å². The van der Waals surface area contributed by atoms with Crippen LogP contribution in [-0.2, 0) is 9.59 Å². The van der Waals surface area contributed by atoms with Gasteiger partial charge >= 0.3 is 11.9 Å². The van der Waals surface area contributed by atoms with Crippen LogP contribution in [-0.4, -0.2) is 33.4 Å². The molecule has 2 fully saturated rings. The number of carboxylic acid groups (broad SMARTS) is 2. The average molecular weight is 203 g/mol. The van der Waals surface area contributed by atoms with Crippen LogP contribution in [0.2, 0.25) is 0 Å². The fourth-order valence-electron chi connectivity index (χ4n) is 2.62. The Hall–Kier alpha value is -1.17. The molecule has 6 heteroatoms. The van der Waals surface area contributed by atoms with Crippen molar-refractivity contribution in [2.24, 2.45) is 17.6 Å². The van der Waals surface area contributed by atoms with E-state index in [9.17, 15) is 14.0 Å². The molecular weight excluding hydrogens is 193 g/mol. The predicted octanol–water partition coefficient (Wildman–Crippen LogP) is -0.399. The Kier molecular flexibility index (Phi) is 1.51. The summed E-state index contributed by atoms with van der Waals surface area (Å²) in [4.78, 5) is 21.4. The summed E-state index contributed by atoms with van der Waals surface area (Å²) in [6.45, 7) is 0. The molecule has 2 aliphatic carbocycles. The van der Waals surface area contributed by atoms with E-state index in [1.165, 1.54) is 0 Å². The van der Waals surface area contributed by atoms with Gasteiger partial charge in [0.2, 0.25) is 5.67 Å². The lowest BCUT2D eigenvalue weighted by Crippen LogP contribution is -2.51. The zero-order valence-electron chi connectivity index (χ0n) is 7.24. The lowest BCUT2D eigenvalue weighted by Gasteiger charge is -2.22. The van der Waals surface area contributed by atoms with E-state index >= 15 is 0 Å². The van der Waals surface area contributed by atoms with Crippen molar-refractivity contribution < 1.29 is 24.2 Å². The average Bonchev–Trinajstić information content (AvgIpc) is 2.50. The Morgan fingerprint density at radius 2 is 1.93 bits per heavy atom. The van der Waals surface area contributed by atoms with Crippen LogP contribution in [0, 0.1) is 11.8 Å². The van der Waals surface area contributed by atoms with Crippen LogP contribution >= 0.6 is 0 Å². The second-order valence-corrected chi connectivity index (χ2v) is 4.04. The Morgan fingerprint density at radius 3 is 2.29 bits per heavy atom. The van der Waals surface area contributed by atoms with Crippen LogP contribution in [0.4, 0.5) is 4.39 Å². The molecule has 0 aliphatic heterocycles. The first-order valence-electron chi connectivity index (χ1n) is 4.29. The minimum absolute atomic E-state index is 0.149. The minimum Gasteiger partial charge on any atom is -0.480 e. The summed E-state index contributed by atoms with van der Waals surface area (Å²) >= 11 is 0. The normalized spacial score (nSPS) is 49.9. The molecule has 0 heterocycles. The van der Waals surface area contributed by atoms with Crippen LogP contribution in [0.3, 0.4) is 0 Å². The molecule has 0 aromatic rings. The molecule has 0 aromatic carbocycles. The number of carbonyl (C=O) groups is 2. The molecule has 5 nitrogen and oxygen atoms in total. The van der Waals surface area contributed by atoms with Gasteiger partial charge in [0.05, 0.1) is 0 Å². The van der Waals surface area contributed by atoms with Crippen molar-refractivity contribution in [2.45, 2.75) is 24.0 Å². The Balaban J connectivity index is 2.31. The van der Waals surface area contributed by atoms with E-state index in [1.807, 2.05) is 0 Å². The maximum absolute atomic E-state index is 13.6. The van der Waals surface area contributed by atoms with Crippen molar-refractivity contribution in [3.8, 4) is 0 Å². The molecule has 2 aliphatic rings. The molecule has 2 saturated carbocycles. The van der Waals surface area contributed by atoms with Gasteiger partial charge in [0, 0.05) is 11.8 Å². The predicted molar refractivity (Wildman–Crippen MR) is 42.2 cm³/mol. The molecule has 0 bridgehead atoms. The zero-order valence-corrected chi connectivity index (χ0v) is 7.24. The first-order valence-corrected chi connectivity index (χ1v) is 4.29. The van der Waals surface area contributed by atoms with Gasteiger partial charge in [0.25, 0.3) is 0 Å². The van der Waals surface area contributed by atoms with Gasteiger partial charge < -0.3 is 15.9 Å². The highest BCUT2D eigenvalue weighted by molar-refractivity contribution is 5.89. The van der Waals surface area contributed by atoms with Crippen LogP contribution in [0.25, 0.3) is 0 Å². The molecule has 2 unspecified atom stereocenters. The third-order valence-corrected chi connectivity index (χ3v) is 3.44. The third-order valence-electron chi connectivity index (χ3n) is 3.44. The Labute approximate surface area is 78.7 Å². The van der Waals surface area contributed by atoms with Crippen molar-refractivity contribution in [1.29, 1.82) is 0 Å². The summed E-state index contributed by atoms with van der Waals surface area (Å²) in [6.07, 6.45) is 0.382. The Morgan fingerprint density at radius 1 is 1.36 bits per heavy atom. The highest BCUT2D eigenvalue weighted by atomic mass is 19.1. The second-order valence-electron chi connectivity index (χ2n) is 4.04. The van der Waals surface area contributed by atoms with E-state index in [0.717, 1.165) is 0 Å². The summed E-state index contributed by atoms with van der Waals surface area (Å²) in [5.41, 5.74) is 1.39. The summed E-state index contributed by atoms with van der Waals surface area (Å²) in [7, 11) is 0. The summed E-state index contributed by atoms with van der Waals surface area (Å²) in [5.74, 6) is -4.69. The topological polar surface area (TPSA) is 101 Å². The van der Waals surface area contributed by atoms with Gasteiger partial charge in [-0.1, -0.05) is 0 Å². The third kappa shape index (κ3) is 0.771. The highest BCUT2D eigenvalue weighted by Crippen LogP contribution is 2.66. The number of carboxylic acids is 2. The van der Waals surface area contributed by atoms with Gasteiger partial charge in [-0.3, -0.25) is 4.79 Å². The molecule has 0 spiro atoms. The summed E-state index contributed by atoms with van der Waals surface area (Å²) in [5, 5.41) is 17.4. The van der Waals surface area contributed by atoms with Gasteiger partial charge in [0.15, 0.2) is 0 Å². The molecule has 0 amide bonds. The number of halogens is 1. The van der Waals surface area contributed by atoms with E-state index in [0.29, 0.717) is 0 Å². The number of alkyl halides is 1. The maximum atomic E-state index is 13.6. The number of rotatable bonds is 2. The molecule has 78 valence electrons. The van der Waals surface area contributed by atoms with Crippen LogP contribution < -0.4 is 5.73 Å². The summed E-state index contributed by atoms with van der Waals surface area (Å²) in [6, 6.07) is 0. The lowest BCUT2D eigenvalue weighted by molar-refractivity contribution is -0.149. The Bertz CT molecular complexity index is 333.